The summed E-state index contributed by atoms with van der Waals surface area (Å²) in [4.78, 5) is 11.9. The molecule has 19 heavy (non-hydrogen) atoms. The molecule has 106 valence electrons. The Hall–Kier alpha value is -1.43. The van der Waals surface area contributed by atoms with Crippen molar-refractivity contribution < 1.29 is 14.3 Å². The van der Waals surface area contributed by atoms with E-state index >= 15 is 0 Å². The topological polar surface area (TPSA) is 73.6 Å². The first kappa shape index (κ1) is 15.6. The number of methoxy groups -OCH3 is 2. The van der Waals surface area contributed by atoms with Crippen molar-refractivity contribution in [3.63, 3.8) is 0 Å². The van der Waals surface area contributed by atoms with Crippen molar-refractivity contribution in [2.75, 3.05) is 14.2 Å². The molecule has 0 aliphatic carbocycles. The smallest absolute Gasteiger partial charge is 0.237 e. The lowest BCUT2D eigenvalue weighted by Gasteiger charge is -2.23. The van der Waals surface area contributed by atoms with Crippen molar-refractivity contribution in [1.82, 2.24) is 5.32 Å². The number of hydrogen-bond acceptors (Lipinski definition) is 4. The number of ether oxygens (including phenoxy) is 2. The van der Waals surface area contributed by atoms with Gasteiger partial charge in [-0.1, -0.05) is 30.3 Å². The van der Waals surface area contributed by atoms with Gasteiger partial charge >= 0.3 is 0 Å². The first-order chi connectivity index (χ1) is 9.08. The maximum Gasteiger partial charge on any atom is 0.237 e. The van der Waals surface area contributed by atoms with Gasteiger partial charge in [0, 0.05) is 14.2 Å². The summed E-state index contributed by atoms with van der Waals surface area (Å²) in [5, 5.41) is 2.79. The number of hydrogen-bond donors (Lipinski definition) is 2. The molecule has 0 bridgehead atoms. The second-order valence-electron chi connectivity index (χ2n) is 4.43. The molecule has 2 atom stereocenters. The number of rotatable bonds is 7. The van der Waals surface area contributed by atoms with E-state index in [1.807, 2.05) is 37.3 Å². The van der Waals surface area contributed by atoms with Crippen LogP contribution in [0.2, 0.25) is 0 Å². The van der Waals surface area contributed by atoms with Crippen molar-refractivity contribution >= 4 is 5.91 Å². The van der Waals surface area contributed by atoms with Gasteiger partial charge in [-0.05, 0) is 18.9 Å². The molecule has 1 aromatic carbocycles. The Morgan fingerprint density at radius 1 is 1.26 bits per heavy atom. The lowest BCUT2D eigenvalue weighted by atomic mass is 10.1. The molecule has 0 saturated carbocycles. The Kier molecular flexibility index (Phi) is 6.49. The molecule has 1 amide bonds. The summed E-state index contributed by atoms with van der Waals surface area (Å²) in [7, 11) is 3.06. The number of carbonyl (C=O) groups excluding carboxylic acids is 1. The number of amides is 1. The van der Waals surface area contributed by atoms with E-state index < -0.39 is 12.3 Å². The Bertz CT molecular complexity index is 380. The van der Waals surface area contributed by atoms with Crippen LogP contribution in [0, 0.1) is 0 Å². The van der Waals surface area contributed by atoms with Crippen LogP contribution >= 0.6 is 0 Å². The molecule has 3 N–H and O–H groups in total. The predicted octanol–water partition coefficient (Wildman–Crippen LogP) is 0.680. The summed E-state index contributed by atoms with van der Waals surface area (Å²) in [6.07, 6.45) is 0.0252. The van der Waals surface area contributed by atoms with Crippen molar-refractivity contribution in [1.29, 1.82) is 0 Å². The standard InChI is InChI=1S/C14H22N2O3/c1-10(14(18-2)19-3)16-13(17)12(15)9-11-7-5-4-6-8-11/h4-8,10,12,14H,9,15H2,1-3H3,(H,16,17)/t10?,12-/m0/s1. The summed E-state index contributed by atoms with van der Waals surface area (Å²) < 4.78 is 10.2. The van der Waals surface area contributed by atoms with Crippen LogP contribution in [-0.4, -0.2) is 38.5 Å². The van der Waals surface area contributed by atoms with Crippen LogP contribution in [0.5, 0.6) is 0 Å². The maximum absolute atomic E-state index is 11.9. The lowest BCUT2D eigenvalue weighted by Crippen LogP contribution is -2.50. The Balaban J connectivity index is 2.49. The first-order valence-electron chi connectivity index (χ1n) is 6.24. The fourth-order valence-corrected chi connectivity index (χ4v) is 1.86. The second-order valence-corrected chi connectivity index (χ2v) is 4.43. The highest BCUT2D eigenvalue weighted by Gasteiger charge is 2.21. The van der Waals surface area contributed by atoms with Gasteiger partial charge < -0.3 is 20.5 Å². The molecule has 5 nitrogen and oxygen atoms in total. The van der Waals surface area contributed by atoms with Crippen LogP contribution in [0.15, 0.2) is 30.3 Å². The average molecular weight is 266 g/mol. The van der Waals surface area contributed by atoms with Gasteiger partial charge in [-0.25, -0.2) is 0 Å². The van der Waals surface area contributed by atoms with Crippen molar-refractivity contribution in [2.24, 2.45) is 5.73 Å². The summed E-state index contributed by atoms with van der Waals surface area (Å²) in [5.74, 6) is -0.213. The third kappa shape index (κ3) is 4.98. The van der Waals surface area contributed by atoms with Gasteiger partial charge in [0.1, 0.15) is 0 Å². The lowest BCUT2D eigenvalue weighted by molar-refractivity contribution is -0.136. The summed E-state index contributed by atoms with van der Waals surface area (Å²) in [5.41, 5.74) is 6.92. The SMILES string of the molecule is COC(OC)C(C)NC(=O)[C@@H](N)Cc1ccccc1. The van der Waals surface area contributed by atoms with E-state index in [1.54, 1.807) is 0 Å². The van der Waals surface area contributed by atoms with Crippen LogP contribution in [0.1, 0.15) is 12.5 Å². The van der Waals surface area contributed by atoms with Gasteiger partial charge in [0.15, 0.2) is 6.29 Å². The van der Waals surface area contributed by atoms with Gasteiger partial charge in [0.25, 0.3) is 0 Å². The van der Waals surface area contributed by atoms with Crippen LogP contribution in [-0.2, 0) is 20.7 Å². The highest BCUT2D eigenvalue weighted by atomic mass is 16.7. The van der Waals surface area contributed by atoms with E-state index in [-0.39, 0.29) is 11.9 Å². The quantitative estimate of drug-likeness (QED) is 0.712. The molecule has 0 radical (unpaired) electrons. The van der Waals surface area contributed by atoms with E-state index in [0.717, 1.165) is 5.56 Å². The van der Waals surface area contributed by atoms with E-state index in [4.69, 9.17) is 15.2 Å². The third-order valence-corrected chi connectivity index (χ3v) is 2.88. The van der Waals surface area contributed by atoms with Gasteiger partial charge in [0.05, 0.1) is 12.1 Å². The monoisotopic (exact) mass is 266 g/mol. The highest BCUT2D eigenvalue weighted by Crippen LogP contribution is 2.03. The summed E-state index contributed by atoms with van der Waals surface area (Å²) in [6.45, 7) is 1.81. The zero-order chi connectivity index (χ0) is 14.3. The summed E-state index contributed by atoms with van der Waals surface area (Å²) in [6, 6.07) is 8.83. The van der Waals surface area contributed by atoms with Crippen LogP contribution in [0.3, 0.4) is 0 Å². The molecule has 0 spiro atoms. The second kappa shape index (κ2) is 7.89. The van der Waals surface area contributed by atoms with Gasteiger partial charge in [0.2, 0.25) is 5.91 Å². The van der Waals surface area contributed by atoms with Crippen molar-refractivity contribution in [3.05, 3.63) is 35.9 Å². The highest BCUT2D eigenvalue weighted by molar-refractivity contribution is 5.82. The fourth-order valence-electron chi connectivity index (χ4n) is 1.86. The Morgan fingerprint density at radius 3 is 2.37 bits per heavy atom. The molecule has 0 aliphatic heterocycles. The predicted molar refractivity (Wildman–Crippen MR) is 73.5 cm³/mol. The van der Waals surface area contributed by atoms with Gasteiger partial charge in [-0.3, -0.25) is 4.79 Å². The minimum absolute atomic E-state index is 0.213. The first-order valence-corrected chi connectivity index (χ1v) is 6.24. The number of nitrogens with two attached hydrogens (primary N) is 1. The molecule has 1 unspecified atom stereocenters. The van der Waals surface area contributed by atoms with Gasteiger partial charge in [-0.2, -0.15) is 0 Å². The minimum atomic E-state index is -0.584. The van der Waals surface area contributed by atoms with E-state index in [9.17, 15) is 4.79 Å². The van der Waals surface area contributed by atoms with E-state index in [0.29, 0.717) is 6.42 Å². The molecule has 5 heteroatoms. The zero-order valence-corrected chi connectivity index (χ0v) is 11.6. The zero-order valence-electron chi connectivity index (χ0n) is 11.6. The Labute approximate surface area is 114 Å². The number of benzene rings is 1. The largest absolute Gasteiger partial charge is 0.354 e. The normalized spacial score (nSPS) is 14.2. The molecular formula is C14H22N2O3. The number of carbonyl (C=O) groups is 1. The molecular weight excluding hydrogens is 244 g/mol. The molecule has 1 aromatic rings. The Morgan fingerprint density at radius 2 is 1.84 bits per heavy atom. The molecule has 0 aromatic heterocycles. The van der Waals surface area contributed by atoms with Crippen LogP contribution < -0.4 is 11.1 Å². The minimum Gasteiger partial charge on any atom is -0.354 e. The van der Waals surface area contributed by atoms with E-state index in [1.165, 1.54) is 14.2 Å². The van der Waals surface area contributed by atoms with Crippen LogP contribution in [0.4, 0.5) is 0 Å². The average Bonchev–Trinajstić information content (AvgIpc) is 2.41. The summed E-state index contributed by atoms with van der Waals surface area (Å²) >= 11 is 0. The van der Waals surface area contributed by atoms with Crippen LogP contribution in [0.25, 0.3) is 0 Å². The molecule has 0 heterocycles. The third-order valence-electron chi connectivity index (χ3n) is 2.88. The van der Waals surface area contributed by atoms with Crippen molar-refractivity contribution in [2.45, 2.75) is 31.7 Å². The van der Waals surface area contributed by atoms with Gasteiger partial charge in [-0.15, -0.1) is 0 Å². The number of nitrogens with one attached hydrogen (secondary N) is 1. The molecule has 1 rings (SSSR count). The molecule has 0 fully saturated rings. The molecule has 0 aliphatic rings. The molecule has 0 saturated heterocycles. The van der Waals surface area contributed by atoms with Crippen molar-refractivity contribution in [3.8, 4) is 0 Å². The fraction of sp³-hybridized carbons (Fsp3) is 0.500. The van der Waals surface area contributed by atoms with E-state index in [2.05, 4.69) is 5.32 Å². The maximum atomic E-state index is 11.9.